The number of ketones is 1. The van der Waals surface area contributed by atoms with E-state index in [1.807, 2.05) is 13.8 Å². The molecule has 1 N–H and O–H groups in total. The summed E-state index contributed by atoms with van der Waals surface area (Å²) in [4.78, 5) is 11.2. The van der Waals surface area contributed by atoms with Gasteiger partial charge in [0.15, 0.2) is 0 Å². The van der Waals surface area contributed by atoms with Crippen molar-refractivity contribution in [1.82, 2.24) is 0 Å². The van der Waals surface area contributed by atoms with Gasteiger partial charge in [0, 0.05) is 11.8 Å². The first-order valence-corrected chi connectivity index (χ1v) is 3.74. The van der Waals surface area contributed by atoms with Gasteiger partial charge in [-0.05, 0) is 12.8 Å². The van der Waals surface area contributed by atoms with Crippen LogP contribution in [0.2, 0.25) is 0 Å². The molecule has 2 heteroatoms. The smallest absolute Gasteiger partial charge is 0.138 e. The molecule has 0 heterocycles. The number of hydrogen-bond donors (Lipinski definition) is 1. The van der Waals surface area contributed by atoms with Crippen LogP contribution in [0.15, 0.2) is 0 Å². The summed E-state index contributed by atoms with van der Waals surface area (Å²) in [7, 11) is 0. The third-order valence-corrected chi connectivity index (χ3v) is 2.21. The Morgan fingerprint density at radius 1 is 1.60 bits per heavy atom. The van der Waals surface area contributed by atoms with Gasteiger partial charge in [-0.15, -0.1) is 0 Å². The van der Waals surface area contributed by atoms with E-state index in [2.05, 4.69) is 0 Å². The highest BCUT2D eigenvalue weighted by Crippen LogP contribution is 2.31. The second kappa shape index (κ2) is 2.35. The molecule has 0 unspecified atom stereocenters. The van der Waals surface area contributed by atoms with Crippen molar-refractivity contribution in [3.05, 3.63) is 0 Å². The van der Waals surface area contributed by atoms with Crippen LogP contribution in [0.3, 0.4) is 0 Å². The number of hydrogen-bond acceptors (Lipinski definition) is 2. The van der Waals surface area contributed by atoms with Gasteiger partial charge in [0.2, 0.25) is 0 Å². The fourth-order valence-corrected chi connectivity index (χ4v) is 1.44. The molecule has 10 heavy (non-hydrogen) atoms. The second-order valence-corrected chi connectivity index (χ2v) is 3.70. The molecule has 1 atom stereocenters. The molecule has 1 saturated carbocycles. The van der Waals surface area contributed by atoms with Crippen LogP contribution < -0.4 is 0 Å². The lowest BCUT2D eigenvalue weighted by atomic mass is 9.75. The summed E-state index contributed by atoms with van der Waals surface area (Å²) in [5, 5.41) is 9.21. The fraction of sp³-hybridized carbons (Fsp3) is 0.875. The van der Waals surface area contributed by atoms with Crippen LogP contribution >= 0.6 is 0 Å². The van der Waals surface area contributed by atoms with E-state index in [4.69, 9.17) is 0 Å². The van der Waals surface area contributed by atoms with E-state index in [0.29, 0.717) is 19.3 Å². The number of Topliss-reactive ketones (excluding diaryl/α,β-unsaturated/α-hetero) is 1. The van der Waals surface area contributed by atoms with Crippen molar-refractivity contribution < 1.29 is 9.90 Å². The Morgan fingerprint density at radius 3 is 2.60 bits per heavy atom. The van der Waals surface area contributed by atoms with E-state index >= 15 is 0 Å². The Balaban J connectivity index is 2.63. The van der Waals surface area contributed by atoms with Crippen molar-refractivity contribution in [2.75, 3.05) is 0 Å². The summed E-state index contributed by atoms with van der Waals surface area (Å²) in [6.07, 6.45) is 1.58. The van der Waals surface area contributed by atoms with Crippen LogP contribution in [-0.2, 0) is 4.79 Å². The zero-order chi connectivity index (χ0) is 7.78. The lowest BCUT2D eigenvalue weighted by Gasteiger charge is -2.30. The molecule has 0 spiro atoms. The molecule has 1 aliphatic rings. The molecular weight excluding hydrogens is 128 g/mol. The summed E-state index contributed by atoms with van der Waals surface area (Å²) >= 11 is 0. The summed E-state index contributed by atoms with van der Waals surface area (Å²) < 4.78 is 0. The number of rotatable bonds is 0. The van der Waals surface area contributed by atoms with Crippen molar-refractivity contribution in [2.45, 2.75) is 39.2 Å². The molecule has 0 aromatic carbocycles. The lowest BCUT2D eigenvalue weighted by molar-refractivity contribution is -0.132. The van der Waals surface area contributed by atoms with Crippen molar-refractivity contribution >= 4 is 5.78 Å². The molecule has 0 aromatic rings. The van der Waals surface area contributed by atoms with Gasteiger partial charge in [-0.25, -0.2) is 0 Å². The van der Waals surface area contributed by atoms with Gasteiger partial charge in [0.1, 0.15) is 5.78 Å². The maximum atomic E-state index is 11.2. The first-order chi connectivity index (χ1) is 4.52. The first kappa shape index (κ1) is 7.73. The quantitative estimate of drug-likeness (QED) is 0.550. The van der Waals surface area contributed by atoms with Gasteiger partial charge in [0.05, 0.1) is 6.10 Å². The molecule has 0 amide bonds. The predicted octanol–water partition coefficient (Wildman–Crippen LogP) is 1.13. The van der Waals surface area contributed by atoms with Crippen LogP contribution in [-0.4, -0.2) is 17.0 Å². The van der Waals surface area contributed by atoms with Crippen LogP contribution in [0.1, 0.15) is 33.1 Å². The minimum atomic E-state index is -0.280. The minimum Gasteiger partial charge on any atom is -0.393 e. The Kier molecular flexibility index (Phi) is 1.82. The summed E-state index contributed by atoms with van der Waals surface area (Å²) in [5.74, 6) is 0.290. The minimum absolute atomic E-state index is 0.257. The maximum Gasteiger partial charge on any atom is 0.138 e. The summed E-state index contributed by atoms with van der Waals surface area (Å²) in [6, 6.07) is 0. The maximum absolute atomic E-state index is 11.2. The van der Waals surface area contributed by atoms with E-state index < -0.39 is 0 Å². The number of carbonyl (C=O) groups excluding carboxylic acids is 1. The molecule has 1 rings (SSSR count). The van der Waals surface area contributed by atoms with Crippen LogP contribution in [0.5, 0.6) is 0 Å². The fourth-order valence-electron chi connectivity index (χ4n) is 1.44. The van der Waals surface area contributed by atoms with Gasteiger partial charge in [-0.2, -0.15) is 0 Å². The van der Waals surface area contributed by atoms with Crippen molar-refractivity contribution in [3.63, 3.8) is 0 Å². The summed E-state index contributed by atoms with van der Waals surface area (Å²) in [5.41, 5.74) is -0.280. The molecule has 1 aliphatic carbocycles. The Bertz CT molecular complexity index is 149. The van der Waals surface area contributed by atoms with E-state index in [9.17, 15) is 9.90 Å². The van der Waals surface area contributed by atoms with Gasteiger partial charge in [-0.1, -0.05) is 13.8 Å². The third kappa shape index (κ3) is 1.37. The Labute approximate surface area is 61.2 Å². The average molecular weight is 142 g/mol. The van der Waals surface area contributed by atoms with Crippen molar-refractivity contribution in [1.29, 1.82) is 0 Å². The monoisotopic (exact) mass is 142 g/mol. The predicted molar refractivity (Wildman–Crippen MR) is 38.6 cm³/mol. The molecule has 0 bridgehead atoms. The number of carbonyl (C=O) groups is 1. The van der Waals surface area contributed by atoms with Crippen molar-refractivity contribution in [2.24, 2.45) is 5.41 Å². The van der Waals surface area contributed by atoms with E-state index in [0.717, 1.165) is 0 Å². The normalized spacial score (nSPS) is 32.3. The van der Waals surface area contributed by atoms with Gasteiger partial charge >= 0.3 is 0 Å². The molecule has 1 fully saturated rings. The van der Waals surface area contributed by atoms with E-state index in [-0.39, 0.29) is 17.3 Å². The Morgan fingerprint density at radius 2 is 2.20 bits per heavy atom. The topological polar surface area (TPSA) is 37.3 Å². The Hall–Kier alpha value is -0.370. The average Bonchev–Trinajstić information content (AvgIpc) is 1.78. The third-order valence-electron chi connectivity index (χ3n) is 2.21. The molecule has 0 aromatic heterocycles. The molecular formula is C8H14O2. The highest BCUT2D eigenvalue weighted by atomic mass is 16.3. The van der Waals surface area contributed by atoms with E-state index in [1.165, 1.54) is 0 Å². The summed E-state index contributed by atoms with van der Waals surface area (Å²) in [6.45, 7) is 3.80. The van der Waals surface area contributed by atoms with Gasteiger partial charge in [0.25, 0.3) is 0 Å². The van der Waals surface area contributed by atoms with Crippen LogP contribution in [0.25, 0.3) is 0 Å². The zero-order valence-electron chi connectivity index (χ0n) is 6.55. The number of aliphatic hydroxyl groups excluding tert-OH is 1. The first-order valence-electron chi connectivity index (χ1n) is 3.74. The lowest BCUT2D eigenvalue weighted by Crippen LogP contribution is -2.34. The second-order valence-electron chi connectivity index (χ2n) is 3.70. The SMILES string of the molecule is CC1(C)C[C@@H](O)CCC1=O. The zero-order valence-corrected chi connectivity index (χ0v) is 6.55. The standard InChI is InChI=1S/C8H14O2/c1-8(2)5-6(9)3-4-7(8)10/h6,9H,3-5H2,1-2H3/t6-/m0/s1. The van der Waals surface area contributed by atoms with Gasteiger partial charge < -0.3 is 5.11 Å². The highest BCUT2D eigenvalue weighted by Gasteiger charge is 2.34. The van der Waals surface area contributed by atoms with Crippen LogP contribution in [0, 0.1) is 5.41 Å². The van der Waals surface area contributed by atoms with Crippen molar-refractivity contribution in [3.8, 4) is 0 Å². The van der Waals surface area contributed by atoms with E-state index in [1.54, 1.807) is 0 Å². The highest BCUT2D eigenvalue weighted by molar-refractivity contribution is 5.84. The molecule has 0 radical (unpaired) electrons. The molecule has 0 saturated heterocycles. The number of aliphatic hydroxyl groups is 1. The van der Waals surface area contributed by atoms with Gasteiger partial charge in [-0.3, -0.25) is 4.79 Å². The molecule has 58 valence electrons. The van der Waals surface area contributed by atoms with Crippen LogP contribution in [0.4, 0.5) is 0 Å². The molecule has 0 aliphatic heterocycles. The largest absolute Gasteiger partial charge is 0.393 e. The molecule has 2 nitrogen and oxygen atoms in total.